The summed E-state index contributed by atoms with van der Waals surface area (Å²) in [5.74, 6) is -0.287. The average molecular weight is 381 g/mol. The molecule has 2 aromatic rings. The van der Waals surface area contributed by atoms with Crippen molar-refractivity contribution in [2.45, 2.75) is 44.8 Å². The number of amides is 1. The van der Waals surface area contributed by atoms with Gasteiger partial charge in [-0.2, -0.15) is 18.3 Å². The minimum absolute atomic E-state index is 0.00538. The lowest BCUT2D eigenvalue weighted by atomic mass is 9.80. The lowest BCUT2D eigenvalue weighted by Crippen LogP contribution is -2.29. The molecule has 4 N–H and O–H groups in total. The van der Waals surface area contributed by atoms with Gasteiger partial charge in [-0.05, 0) is 55.9 Å². The Bertz CT molecular complexity index is 764. The van der Waals surface area contributed by atoms with Crippen molar-refractivity contribution < 1.29 is 18.0 Å². The van der Waals surface area contributed by atoms with Crippen molar-refractivity contribution in [1.82, 2.24) is 15.2 Å². The van der Waals surface area contributed by atoms with E-state index in [0.717, 1.165) is 5.56 Å². The lowest BCUT2D eigenvalue weighted by Gasteiger charge is -2.29. The monoisotopic (exact) mass is 381 g/mol. The molecule has 6 nitrogen and oxygen atoms in total. The van der Waals surface area contributed by atoms with Crippen molar-refractivity contribution in [3.05, 3.63) is 30.1 Å². The molecule has 0 aliphatic heterocycles. The first-order chi connectivity index (χ1) is 12.8. The van der Waals surface area contributed by atoms with Gasteiger partial charge in [-0.25, -0.2) is 4.98 Å². The van der Waals surface area contributed by atoms with Gasteiger partial charge in [-0.3, -0.25) is 9.89 Å². The van der Waals surface area contributed by atoms with Gasteiger partial charge in [0.25, 0.3) is 0 Å². The molecular weight excluding hydrogens is 359 g/mol. The summed E-state index contributed by atoms with van der Waals surface area (Å²) >= 11 is 0. The number of hydrogen-bond donors (Lipinski definition) is 3. The summed E-state index contributed by atoms with van der Waals surface area (Å²) in [6.45, 7) is 0.270. The molecule has 0 bridgehead atoms. The van der Waals surface area contributed by atoms with Crippen LogP contribution in [0.3, 0.4) is 0 Å². The molecule has 0 atom stereocenters. The zero-order valence-corrected chi connectivity index (χ0v) is 14.7. The van der Waals surface area contributed by atoms with Gasteiger partial charge in [0, 0.05) is 17.7 Å². The first kappa shape index (κ1) is 19.3. The van der Waals surface area contributed by atoms with Crippen LogP contribution in [-0.4, -0.2) is 27.3 Å². The Morgan fingerprint density at radius 3 is 2.41 bits per heavy atom. The highest BCUT2D eigenvalue weighted by molar-refractivity contribution is 5.91. The lowest BCUT2D eigenvalue weighted by molar-refractivity contribution is -0.183. The standard InChI is InChI=1S/C18H22F3N5O/c19-18(20,21)13-5-1-11(2-6-13)9-16(27)23-14-7-3-12(4-8-14)17-24-15(10-22)25-26-17/h3-4,7-8,11,13H,1-2,5-6,9-10,22H2,(H,23,27)(H,24,25,26). The van der Waals surface area contributed by atoms with Crippen molar-refractivity contribution >= 4 is 11.6 Å². The molecule has 0 saturated heterocycles. The Morgan fingerprint density at radius 1 is 1.19 bits per heavy atom. The SMILES string of the molecule is NCc1nc(-c2ccc(NC(=O)CC3CCC(C(F)(F)F)CC3)cc2)n[nH]1. The number of halogens is 3. The molecule has 27 heavy (non-hydrogen) atoms. The van der Waals surface area contributed by atoms with E-state index in [9.17, 15) is 18.0 Å². The fourth-order valence-corrected chi connectivity index (χ4v) is 3.39. The Hall–Kier alpha value is -2.42. The van der Waals surface area contributed by atoms with E-state index < -0.39 is 12.1 Å². The van der Waals surface area contributed by atoms with Crippen LogP contribution in [-0.2, 0) is 11.3 Å². The number of alkyl halides is 3. The quantitative estimate of drug-likeness (QED) is 0.737. The summed E-state index contributed by atoms with van der Waals surface area (Å²) in [5.41, 5.74) is 6.90. The average Bonchev–Trinajstić information content (AvgIpc) is 3.11. The molecule has 9 heteroatoms. The molecule has 0 radical (unpaired) electrons. The number of carbonyl (C=O) groups excluding carboxylic acids is 1. The Balaban J connectivity index is 1.50. The van der Waals surface area contributed by atoms with Crippen LogP contribution in [0.1, 0.15) is 37.9 Å². The number of aromatic amines is 1. The number of rotatable bonds is 5. The third kappa shape index (κ3) is 5.06. The van der Waals surface area contributed by atoms with Crippen LogP contribution >= 0.6 is 0 Å². The zero-order valence-electron chi connectivity index (χ0n) is 14.7. The van der Waals surface area contributed by atoms with E-state index in [4.69, 9.17) is 5.73 Å². The largest absolute Gasteiger partial charge is 0.391 e. The predicted octanol–water partition coefficient (Wildman–Crippen LogP) is 3.63. The molecule has 1 aliphatic rings. The number of hydrogen-bond acceptors (Lipinski definition) is 4. The van der Waals surface area contributed by atoms with Crippen LogP contribution in [0, 0.1) is 11.8 Å². The van der Waals surface area contributed by atoms with Crippen molar-refractivity contribution in [1.29, 1.82) is 0 Å². The Kier molecular flexibility index (Phi) is 5.79. The minimum Gasteiger partial charge on any atom is -0.326 e. The molecule has 3 rings (SSSR count). The fraction of sp³-hybridized carbons (Fsp3) is 0.500. The van der Waals surface area contributed by atoms with E-state index in [2.05, 4.69) is 20.5 Å². The van der Waals surface area contributed by atoms with Crippen LogP contribution in [0.15, 0.2) is 24.3 Å². The molecule has 1 aromatic carbocycles. The second kappa shape index (κ2) is 8.08. The summed E-state index contributed by atoms with van der Waals surface area (Å²) in [4.78, 5) is 16.4. The second-order valence-electron chi connectivity index (χ2n) is 6.90. The van der Waals surface area contributed by atoms with Crippen LogP contribution in [0.4, 0.5) is 18.9 Å². The van der Waals surface area contributed by atoms with E-state index in [1.165, 1.54) is 0 Å². The van der Waals surface area contributed by atoms with Gasteiger partial charge in [0.1, 0.15) is 5.82 Å². The van der Waals surface area contributed by atoms with E-state index >= 15 is 0 Å². The first-order valence-electron chi connectivity index (χ1n) is 8.93. The highest BCUT2D eigenvalue weighted by Gasteiger charge is 2.41. The third-order valence-corrected chi connectivity index (χ3v) is 4.94. The molecule has 0 unspecified atom stereocenters. The van der Waals surface area contributed by atoms with Crippen molar-refractivity contribution in [3.8, 4) is 11.4 Å². The molecule has 1 amide bonds. The smallest absolute Gasteiger partial charge is 0.326 e. The van der Waals surface area contributed by atoms with Gasteiger partial charge in [0.15, 0.2) is 5.82 Å². The summed E-state index contributed by atoms with van der Waals surface area (Å²) in [6, 6.07) is 7.06. The Morgan fingerprint density at radius 2 is 1.85 bits per heavy atom. The van der Waals surface area contributed by atoms with Gasteiger partial charge in [0.05, 0.1) is 12.5 Å². The molecule has 146 valence electrons. The predicted molar refractivity (Wildman–Crippen MR) is 94.5 cm³/mol. The zero-order chi connectivity index (χ0) is 19.4. The first-order valence-corrected chi connectivity index (χ1v) is 8.93. The number of nitrogens with two attached hydrogens (primary N) is 1. The fourth-order valence-electron chi connectivity index (χ4n) is 3.39. The van der Waals surface area contributed by atoms with Crippen molar-refractivity contribution in [2.24, 2.45) is 17.6 Å². The molecule has 1 heterocycles. The van der Waals surface area contributed by atoms with Crippen LogP contribution in [0.5, 0.6) is 0 Å². The van der Waals surface area contributed by atoms with Crippen LogP contribution in [0.25, 0.3) is 11.4 Å². The van der Waals surface area contributed by atoms with Gasteiger partial charge in [-0.1, -0.05) is 0 Å². The summed E-state index contributed by atoms with van der Waals surface area (Å²) in [6.07, 6.45) is -2.79. The molecule has 1 aliphatic carbocycles. The number of carbonyl (C=O) groups is 1. The van der Waals surface area contributed by atoms with Gasteiger partial charge < -0.3 is 11.1 Å². The maximum Gasteiger partial charge on any atom is 0.391 e. The highest BCUT2D eigenvalue weighted by atomic mass is 19.4. The Labute approximate surface area is 154 Å². The van der Waals surface area contributed by atoms with Crippen LogP contribution in [0.2, 0.25) is 0 Å². The normalized spacial score (nSPS) is 20.4. The number of H-pyrrole nitrogens is 1. The summed E-state index contributed by atoms with van der Waals surface area (Å²) < 4.78 is 38.1. The van der Waals surface area contributed by atoms with Gasteiger partial charge >= 0.3 is 6.18 Å². The van der Waals surface area contributed by atoms with E-state index in [0.29, 0.717) is 30.2 Å². The van der Waals surface area contributed by atoms with E-state index in [1.54, 1.807) is 24.3 Å². The molecule has 1 saturated carbocycles. The maximum absolute atomic E-state index is 12.7. The number of nitrogens with zero attached hydrogens (tertiary/aromatic N) is 2. The molecule has 1 aromatic heterocycles. The van der Waals surface area contributed by atoms with E-state index in [1.807, 2.05) is 0 Å². The molecular formula is C18H22F3N5O. The molecule has 0 spiro atoms. The van der Waals surface area contributed by atoms with Crippen molar-refractivity contribution in [2.75, 3.05) is 5.32 Å². The number of benzene rings is 1. The van der Waals surface area contributed by atoms with Crippen LogP contribution < -0.4 is 11.1 Å². The second-order valence-corrected chi connectivity index (χ2v) is 6.90. The van der Waals surface area contributed by atoms with Crippen molar-refractivity contribution in [3.63, 3.8) is 0 Å². The topological polar surface area (TPSA) is 96.7 Å². The van der Waals surface area contributed by atoms with Gasteiger partial charge in [0.2, 0.25) is 5.91 Å². The number of anilines is 1. The van der Waals surface area contributed by atoms with Gasteiger partial charge in [-0.15, -0.1) is 0 Å². The highest BCUT2D eigenvalue weighted by Crippen LogP contribution is 2.40. The third-order valence-electron chi connectivity index (χ3n) is 4.94. The number of aromatic nitrogens is 3. The minimum atomic E-state index is -4.12. The van der Waals surface area contributed by atoms with E-state index in [-0.39, 0.29) is 37.6 Å². The summed E-state index contributed by atoms with van der Waals surface area (Å²) in [5, 5.41) is 9.59. The molecule has 1 fully saturated rings. The maximum atomic E-state index is 12.7. The number of nitrogens with one attached hydrogen (secondary N) is 2. The summed E-state index contributed by atoms with van der Waals surface area (Å²) in [7, 11) is 0.